The molecular weight excluding hydrogens is 582 g/mol. The Hall–Kier alpha value is -3.14. The average Bonchev–Trinajstić information content (AvgIpc) is 3.00. The summed E-state index contributed by atoms with van der Waals surface area (Å²) < 4.78 is 5.98. The quantitative estimate of drug-likeness (QED) is 0.323. The highest BCUT2D eigenvalue weighted by atomic mass is 35.5. The molecule has 2 aromatic rings. The number of carbonyl (C=O) groups is 3. The van der Waals surface area contributed by atoms with E-state index in [9.17, 15) is 19.5 Å². The number of carboxylic acids is 1. The molecule has 1 atom stereocenters. The first-order valence-electron chi connectivity index (χ1n) is 15.8. The number of unbranched alkanes of at least 4 members (excludes halogenated alkanes) is 1. The number of aromatic carboxylic acids is 1. The third-order valence-corrected chi connectivity index (χ3v) is 9.51. The predicted octanol–water partition coefficient (Wildman–Crippen LogP) is 4.93. The van der Waals surface area contributed by atoms with Crippen LogP contribution in [0.15, 0.2) is 48.5 Å². The second-order valence-corrected chi connectivity index (χ2v) is 12.6. The van der Waals surface area contributed by atoms with Crippen LogP contribution in [0.2, 0.25) is 0 Å². The van der Waals surface area contributed by atoms with Crippen LogP contribution in [-0.4, -0.2) is 74.6 Å². The summed E-state index contributed by atoms with van der Waals surface area (Å²) >= 11 is 0. The van der Waals surface area contributed by atoms with Gasteiger partial charge in [0.25, 0.3) is 0 Å². The van der Waals surface area contributed by atoms with E-state index < -0.39 is 23.2 Å². The lowest BCUT2D eigenvalue weighted by Crippen LogP contribution is -2.73. The second kappa shape index (κ2) is 14.8. The number of carboxylic acid groups (broad SMARTS) is 1. The lowest BCUT2D eigenvalue weighted by atomic mass is 9.77. The minimum atomic E-state index is -0.952. The molecule has 3 aliphatic rings. The van der Waals surface area contributed by atoms with Gasteiger partial charge in [-0.2, -0.15) is 0 Å². The Kier molecular flexibility index (Phi) is 11.3. The number of benzene rings is 2. The predicted molar refractivity (Wildman–Crippen MR) is 170 cm³/mol. The Labute approximate surface area is 266 Å². The number of ether oxygens (including phenoxy) is 1. The van der Waals surface area contributed by atoms with Crippen LogP contribution in [0.4, 0.5) is 0 Å². The van der Waals surface area contributed by atoms with E-state index in [1.165, 1.54) is 0 Å². The van der Waals surface area contributed by atoms with Gasteiger partial charge in [-0.1, -0.05) is 56.9 Å². The SMILES string of the molecule is CCCCN1C(=O)[C@@H](CC2(O)CCCCC2)NC(=O)C12CCN(Cc1cccc(OCc3ccc(C(=O)O)cc3)c1)CC2.Cl. The van der Waals surface area contributed by atoms with Gasteiger partial charge in [0.05, 0.1) is 11.2 Å². The van der Waals surface area contributed by atoms with Crippen molar-refractivity contribution in [3.05, 3.63) is 65.2 Å². The molecule has 3 N–H and O–H groups in total. The summed E-state index contributed by atoms with van der Waals surface area (Å²) in [7, 11) is 0. The molecule has 1 saturated carbocycles. The molecule has 2 amide bonds. The molecular formula is C34H46ClN3O6. The van der Waals surface area contributed by atoms with Gasteiger partial charge in [-0.05, 0) is 67.5 Å². The number of piperazine rings is 1. The van der Waals surface area contributed by atoms with Crippen molar-refractivity contribution in [2.45, 2.75) is 101 Å². The second-order valence-electron chi connectivity index (χ2n) is 12.6. The molecule has 2 saturated heterocycles. The minimum absolute atomic E-state index is 0. The molecule has 0 bridgehead atoms. The summed E-state index contributed by atoms with van der Waals surface area (Å²) in [5.41, 5.74) is 0.521. The smallest absolute Gasteiger partial charge is 0.335 e. The maximum absolute atomic E-state index is 13.8. The number of aliphatic hydroxyl groups is 1. The largest absolute Gasteiger partial charge is 0.489 e. The standard InChI is InChI=1S/C34H45N3O6.ClH/c1-2-3-18-37-30(38)29(22-33(42)14-5-4-6-15-33)35-32(41)34(37)16-19-36(20-17-34)23-26-8-7-9-28(21-26)43-24-25-10-12-27(13-11-25)31(39)40;/h7-13,21,29,42H,2-6,14-20,22-24H2,1H3,(H,35,41)(H,39,40);1H/t29-;/m1./s1. The van der Waals surface area contributed by atoms with Crippen LogP contribution in [0.1, 0.15) is 92.6 Å². The molecule has 44 heavy (non-hydrogen) atoms. The van der Waals surface area contributed by atoms with Gasteiger partial charge in [0.1, 0.15) is 23.9 Å². The number of likely N-dealkylation sites (tertiary alicyclic amines) is 1. The lowest BCUT2D eigenvalue weighted by molar-refractivity contribution is -0.163. The van der Waals surface area contributed by atoms with Gasteiger partial charge < -0.3 is 25.2 Å². The zero-order valence-electron chi connectivity index (χ0n) is 25.6. The fourth-order valence-corrected chi connectivity index (χ4v) is 6.93. The van der Waals surface area contributed by atoms with Gasteiger partial charge >= 0.3 is 5.97 Å². The maximum Gasteiger partial charge on any atom is 0.335 e. The van der Waals surface area contributed by atoms with Crippen LogP contribution in [0.3, 0.4) is 0 Å². The molecule has 2 heterocycles. The number of hydrogen-bond donors (Lipinski definition) is 3. The van der Waals surface area contributed by atoms with Crippen molar-refractivity contribution < 1.29 is 29.3 Å². The summed E-state index contributed by atoms with van der Waals surface area (Å²) in [5.74, 6) is -0.324. The molecule has 10 heteroatoms. The van der Waals surface area contributed by atoms with Crippen LogP contribution in [-0.2, 0) is 22.7 Å². The topological polar surface area (TPSA) is 119 Å². The van der Waals surface area contributed by atoms with Crippen LogP contribution >= 0.6 is 12.4 Å². The minimum Gasteiger partial charge on any atom is -0.489 e. The van der Waals surface area contributed by atoms with Crippen molar-refractivity contribution in [1.29, 1.82) is 0 Å². The fourth-order valence-electron chi connectivity index (χ4n) is 6.93. The molecule has 5 rings (SSSR count). The molecule has 3 fully saturated rings. The maximum atomic E-state index is 13.8. The molecule has 9 nitrogen and oxygen atoms in total. The van der Waals surface area contributed by atoms with Crippen molar-refractivity contribution in [2.75, 3.05) is 19.6 Å². The van der Waals surface area contributed by atoms with E-state index >= 15 is 0 Å². The monoisotopic (exact) mass is 627 g/mol. The number of piperidine rings is 1. The van der Waals surface area contributed by atoms with Gasteiger partial charge in [-0.25, -0.2) is 4.79 Å². The molecule has 240 valence electrons. The molecule has 2 aromatic carbocycles. The number of nitrogens with zero attached hydrogens (tertiary/aromatic N) is 2. The van der Waals surface area contributed by atoms with Gasteiger partial charge in [0, 0.05) is 32.6 Å². The van der Waals surface area contributed by atoms with Crippen molar-refractivity contribution >= 4 is 30.2 Å². The molecule has 0 aromatic heterocycles. The normalized spacial score (nSPS) is 21.4. The molecule has 0 unspecified atom stereocenters. The van der Waals surface area contributed by atoms with Crippen LogP contribution in [0.5, 0.6) is 5.75 Å². The van der Waals surface area contributed by atoms with E-state index in [0.29, 0.717) is 64.9 Å². The third-order valence-electron chi connectivity index (χ3n) is 9.51. The number of nitrogens with one attached hydrogen (secondary N) is 1. The van der Waals surface area contributed by atoms with Crippen molar-refractivity contribution in [2.24, 2.45) is 0 Å². The van der Waals surface area contributed by atoms with Crippen LogP contribution in [0, 0.1) is 0 Å². The summed E-state index contributed by atoms with van der Waals surface area (Å²) in [6, 6.07) is 13.9. The van der Waals surface area contributed by atoms with E-state index in [1.54, 1.807) is 24.3 Å². The van der Waals surface area contributed by atoms with Gasteiger partial charge in [0.2, 0.25) is 11.8 Å². The first-order chi connectivity index (χ1) is 20.7. The fraction of sp³-hybridized carbons (Fsp3) is 0.559. The van der Waals surface area contributed by atoms with Gasteiger partial charge in [-0.3, -0.25) is 14.5 Å². The Morgan fingerprint density at radius 3 is 2.36 bits per heavy atom. The Balaban J connectivity index is 0.00000442. The summed E-state index contributed by atoms with van der Waals surface area (Å²) in [5, 5.41) is 23.3. The third kappa shape index (κ3) is 7.73. The van der Waals surface area contributed by atoms with Crippen molar-refractivity contribution in [1.82, 2.24) is 15.1 Å². The Morgan fingerprint density at radius 1 is 1.00 bits per heavy atom. The molecule has 0 radical (unpaired) electrons. The van der Waals surface area contributed by atoms with E-state index in [1.807, 2.05) is 23.1 Å². The first kappa shape index (κ1) is 33.7. The summed E-state index contributed by atoms with van der Waals surface area (Å²) in [4.78, 5) is 42.8. The highest BCUT2D eigenvalue weighted by Gasteiger charge is 2.54. The number of carbonyl (C=O) groups excluding carboxylic acids is 2. The van der Waals surface area contributed by atoms with Crippen molar-refractivity contribution in [3.8, 4) is 5.75 Å². The van der Waals surface area contributed by atoms with Gasteiger partial charge in [0.15, 0.2) is 0 Å². The van der Waals surface area contributed by atoms with Crippen molar-refractivity contribution in [3.63, 3.8) is 0 Å². The molecule has 2 aliphatic heterocycles. The molecule has 1 aliphatic carbocycles. The number of rotatable bonds is 11. The van der Waals surface area contributed by atoms with E-state index in [4.69, 9.17) is 9.84 Å². The Morgan fingerprint density at radius 2 is 1.70 bits per heavy atom. The van der Waals surface area contributed by atoms with Gasteiger partial charge in [-0.15, -0.1) is 12.4 Å². The highest BCUT2D eigenvalue weighted by molar-refractivity contribution is 6.00. The van der Waals surface area contributed by atoms with E-state index in [-0.39, 0.29) is 29.8 Å². The highest BCUT2D eigenvalue weighted by Crippen LogP contribution is 2.37. The lowest BCUT2D eigenvalue weighted by Gasteiger charge is -2.52. The average molecular weight is 628 g/mol. The van der Waals surface area contributed by atoms with E-state index in [0.717, 1.165) is 49.0 Å². The zero-order valence-corrected chi connectivity index (χ0v) is 26.4. The summed E-state index contributed by atoms with van der Waals surface area (Å²) in [6.45, 7) is 5.10. The number of amides is 2. The number of hydrogen-bond acceptors (Lipinski definition) is 6. The van der Waals surface area contributed by atoms with E-state index in [2.05, 4.69) is 23.2 Å². The first-order valence-corrected chi connectivity index (χ1v) is 15.8. The van der Waals surface area contributed by atoms with Crippen LogP contribution in [0.25, 0.3) is 0 Å². The van der Waals surface area contributed by atoms with Crippen LogP contribution < -0.4 is 10.1 Å². The molecule has 1 spiro atoms. The number of halogens is 1. The zero-order chi connectivity index (χ0) is 30.5. The summed E-state index contributed by atoms with van der Waals surface area (Å²) in [6.07, 6.45) is 7.64. The Bertz CT molecular complexity index is 1290.